The van der Waals surface area contributed by atoms with E-state index in [-0.39, 0.29) is 28.9 Å². The van der Waals surface area contributed by atoms with E-state index in [1.165, 1.54) is 25.7 Å². The highest BCUT2D eigenvalue weighted by Crippen LogP contribution is 2.69. The fourth-order valence-electron chi connectivity index (χ4n) is 9.56. The van der Waals surface area contributed by atoms with Gasteiger partial charge >= 0.3 is 0 Å². The van der Waals surface area contributed by atoms with Crippen LogP contribution >= 0.6 is 0 Å². The molecule has 5 heteroatoms. The molecule has 0 saturated heterocycles. The first-order valence-corrected chi connectivity index (χ1v) is 13.0. The van der Waals surface area contributed by atoms with E-state index in [0.717, 1.165) is 32.1 Å². The van der Waals surface area contributed by atoms with Gasteiger partial charge in [-0.3, -0.25) is 10.2 Å². The Hall–Kier alpha value is -0.650. The molecule has 0 aliphatic heterocycles. The number of nitrogens with two attached hydrogens (primary N) is 1. The number of aliphatic hydroxyl groups excluding tert-OH is 2. The second-order valence-electron chi connectivity index (χ2n) is 12.2. The zero-order valence-corrected chi connectivity index (χ0v) is 20.1. The molecule has 4 aliphatic rings. The maximum absolute atomic E-state index is 11.7. The molecular formula is C26H46N2O3. The van der Waals surface area contributed by atoms with Crippen LogP contribution in [0.25, 0.3) is 0 Å². The van der Waals surface area contributed by atoms with Crippen molar-refractivity contribution in [3.8, 4) is 0 Å². The minimum atomic E-state index is -0.236. The normalized spacial score (nSPS) is 50.2. The zero-order chi connectivity index (χ0) is 22.6. The van der Waals surface area contributed by atoms with Gasteiger partial charge in [0.1, 0.15) is 0 Å². The van der Waals surface area contributed by atoms with E-state index in [1.54, 1.807) is 0 Å². The third-order valence-corrected chi connectivity index (χ3v) is 11.1. The average Bonchev–Trinajstić information content (AvgIpc) is 3.10. The van der Waals surface area contributed by atoms with Gasteiger partial charge in [0, 0.05) is 6.42 Å². The number of aliphatic hydroxyl groups is 2. The molecule has 0 heterocycles. The molecule has 0 radical (unpaired) electrons. The Kier molecular flexibility index (Phi) is 6.53. The van der Waals surface area contributed by atoms with Crippen LogP contribution in [-0.4, -0.2) is 28.3 Å². The van der Waals surface area contributed by atoms with Crippen molar-refractivity contribution in [2.45, 2.75) is 104 Å². The number of fused-ring (bicyclic) bond motifs is 5. The lowest BCUT2D eigenvalue weighted by Crippen LogP contribution is -2.62. The van der Waals surface area contributed by atoms with E-state index in [0.29, 0.717) is 47.8 Å². The number of carbonyl (C=O) groups excluding carboxylic acids is 1. The molecule has 1 amide bonds. The summed E-state index contributed by atoms with van der Waals surface area (Å²) >= 11 is 0. The number of hydrogen-bond donors (Lipinski definition) is 4. The molecule has 178 valence electrons. The number of hydrogen-bond acceptors (Lipinski definition) is 4. The zero-order valence-electron chi connectivity index (χ0n) is 20.1. The van der Waals surface area contributed by atoms with Crippen LogP contribution in [-0.2, 0) is 4.79 Å². The highest BCUT2D eigenvalue weighted by molar-refractivity contribution is 5.75. The Morgan fingerprint density at radius 1 is 1.06 bits per heavy atom. The Morgan fingerprint density at radius 3 is 2.42 bits per heavy atom. The number of carbonyl (C=O) groups is 1. The Balaban J connectivity index is 1.58. The fourth-order valence-corrected chi connectivity index (χ4v) is 9.56. The summed E-state index contributed by atoms with van der Waals surface area (Å²) in [6, 6.07) is 0. The van der Waals surface area contributed by atoms with Gasteiger partial charge in [0.2, 0.25) is 5.91 Å². The lowest BCUT2D eigenvalue weighted by atomic mass is 9.41. The Morgan fingerprint density at radius 2 is 1.74 bits per heavy atom. The van der Waals surface area contributed by atoms with Gasteiger partial charge in [-0.2, -0.15) is 0 Å². The molecule has 31 heavy (non-hydrogen) atoms. The summed E-state index contributed by atoms with van der Waals surface area (Å²) in [5.41, 5.74) is 2.79. The molecular weight excluding hydrogens is 388 g/mol. The van der Waals surface area contributed by atoms with Gasteiger partial charge in [0.25, 0.3) is 0 Å². The highest BCUT2D eigenvalue weighted by Gasteiger charge is 2.64. The molecule has 5 nitrogen and oxygen atoms in total. The molecule has 0 bridgehead atoms. The molecule has 5 N–H and O–H groups in total. The minimum Gasteiger partial charge on any atom is -0.393 e. The van der Waals surface area contributed by atoms with Gasteiger partial charge in [0.05, 0.1) is 12.2 Å². The number of amides is 1. The molecule has 0 aromatic heterocycles. The van der Waals surface area contributed by atoms with Crippen LogP contribution < -0.4 is 11.3 Å². The van der Waals surface area contributed by atoms with Crippen LogP contribution in [0.1, 0.15) is 91.9 Å². The van der Waals surface area contributed by atoms with Crippen LogP contribution in [0.15, 0.2) is 0 Å². The van der Waals surface area contributed by atoms with Crippen molar-refractivity contribution in [2.24, 2.45) is 58.1 Å². The van der Waals surface area contributed by atoms with E-state index in [2.05, 4.69) is 33.1 Å². The molecule has 4 rings (SSSR count). The Labute approximate surface area is 188 Å². The van der Waals surface area contributed by atoms with Crippen LogP contribution in [0, 0.1) is 52.3 Å². The van der Waals surface area contributed by atoms with Crippen molar-refractivity contribution in [1.82, 2.24) is 5.43 Å². The smallest absolute Gasteiger partial charge is 0.233 e. The maximum Gasteiger partial charge on any atom is 0.233 e. The lowest BCUT2D eigenvalue weighted by molar-refractivity contribution is -0.203. The highest BCUT2D eigenvalue weighted by atomic mass is 16.3. The van der Waals surface area contributed by atoms with Crippen molar-refractivity contribution in [2.75, 3.05) is 0 Å². The summed E-state index contributed by atoms with van der Waals surface area (Å²) in [6.45, 7) is 9.55. The molecule has 0 spiro atoms. The van der Waals surface area contributed by atoms with Gasteiger partial charge in [-0.15, -0.1) is 0 Å². The molecule has 4 saturated carbocycles. The van der Waals surface area contributed by atoms with Crippen LogP contribution in [0.2, 0.25) is 0 Å². The summed E-state index contributed by atoms with van der Waals surface area (Å²) < 4.78 is 0. The molecule has 5 unspecified atom stereocenters. The lowest BCUT2D eigenvalue weighted by Gasteiger charge is -2.64. The fraction of sp³-hybridized carbons (Fsp3) is 0.962. The van der Waals surface area contributed by atoms with Crippen molar-refractivity contribution in [3.63, 3.8) is 0 Å². The van der Waals surface area contributed by atoms with Crippen LogP contribution in [0.5, 0.6) is 0 Å². The van der Waals surface area contributed by atoms with Gasteiger partial charge in [-0.1, -0.05) is 34.1 Å². The van der Waals surface area contributed by atoms with Crippen LogP contribution in [0.4, 0.5) is 0 Å². The van der Waals surface area contributed by atoms with Gasteiger partial charge in [-0.25, -0.2) is 5.84 Å². The first kappa shape index (κ1) is 23.5. The topological polar surface area (TPSA) is 95.6 Å². The predicted octanol–water partition coefficient (Wildman–Crippen LogP) is 4.02. The van der Waals surface area contributed by atoms with Crippen molar-refractivity contribution in [1.29, 1.82) is 0 Å². The van der Waals surface area contributed by atoms with E-state index in [4.69, 9.17) is 5.84 Å². The first-order chi connectivity index (χ1) is 14.7. The first-order valence-electron chi connectivity index (χ1n) is 13.0. The largest absolute Gasteiger partial charge is 0.393 e. The maximum atomic E-state index is 11.7. The molecule has 11 atom stereocenters. The summed E-state index contributed by atoms with van der Waals surface area (Å²) in [5, 5.41) is 22.2. The van der Waals surface area contributed by atoms with Crippen molar-refractivity contribution in [3.05, 3.63) is 0 Å². The number of rotatable bonds is 5. The third-order valence-electron chi connectivity index (χ3n) is 11.1. The van der Waals surface area contributed by atoms with E-state index < -0.39 is 0 Å². The molecule has 4 aliphatic carbocycles. The number of nitrogens with one attached hydrogen (secondary N) is 1. The van der Waals surface area contributed by atoms with Gasteiger partial charge < -0.3 is 10.2 Å². The average molecular weight is 435 g/mol. The number of hydrazine groups is 1. The van der Waals surface area contributed by atoms with E-state index in [1.807, 2.05) is 0 Å². The third kappa shape index (κ3) is 3.67. The SMILES string of the molecule is CC[C@H]1C(O)C2C3CCC([C@H](C)CCC(=O)NN)[C@@]3(C)CCC2[C@@]2(C)CC[C@@H](O)C[C@@H]12. The second-order valence-corrected chi connectivity index (χ2v) is 12.2. The monoisotopic (exact) mass is 434 g/mol. The summed E-state index contributed by atoms with van der Waals surface area (Å²) in [6.07, 6.45) is 9.78. The van der Waals surface area contributed by atoms with Crippen molar-refractivity contribution >= 4 is 5.91 Å². The van der Waals surface area contributed by atoms with Crippen molar-refractivity contribution < 1.29 is 15.0 Å². The summed E-state index contributed by atoms with van der Waals surface area (Å²) in [7, 11) is 0. The minimum absolute atomic E-state index is 0.0674. The molecule has 4 fully saturated rings. The van der Waals surface area contributed by atoms with Gasteiger partial charge in [-0.05, 0) is 104 Å². The van der Waals surface area contributed by atoms with Gasteiger partial charge in [0.15, 0.2) is 0 Å². The van der Waals surface area contributed by atoms with Crippen LogP contribution in [0.3, 0.4) is 0 Å². The Bertz CT molecular complexity index is 671. The second kappa shape index (κ2) is 8.61. The summed E-state index contributed by atoms with van der Waals surface area (Å²) in [5.74, 6) is 8.66. The standard InChI is InChI=1S/C26H46N2O3/c1-5-17-21-14-16(29)10-12-26(21,4)20-11-13-25(3)18(15(2)6-9-22(30)28-27)7-8-19(25)23(20)24(17)31/h15-21,23-24,29,31H,5-14,27H2,1-4H3,(H,28,30)/t15-,16-,17-,18?,19?,20?,21+,23?,24?,25-,26-/m1/s1. The molecule has 0 aromatic rings. The molecule has 0 aromatic carbocycles. The van der Waals surface area contributed by atoms with E-state index in [9.17, 15) is 15.0 Å². The summed E-state index contributed by atoms with van der Waals surface area (Å²) in [4.78, 5) is 11.7. The quantitative estimate of drug-likeness (QED) is 0.299. The predicted molar refractivity (Wildman–Crippen MR) is 123 cm³/mol. The van der Waals surface area contributed by atoms with E-state index >= 15 is 0 Å².